The molecule has 0 aliphatic carbocycles. The van der Waals surface area contributed by atoms with E-state index in [0.717, 1.165) is 12.8 Å². The molecule has 0 saturated carbocycles. The van der Waals surface area contributed by atoms with Gasteiger partial charge in [0.15, 0.2) is 0 Å². The molecule has 0 amide bonds. The van der Waals surface area contributed by atoms with Gasteiger partial charge in [0.1, 0.15) is 0 Å². The maximum absolute atomic E-state index is 11.2. The summed E-state index contributed by atoms with van der Waals surface area (Å²) in [5.41, 5.74) is 2.55. The molecular formula is C12H25NO2. The summed E-state index contributed by atoms with van der Waals surface area (Å²) >= 11 is 0. The highest BCUT2D eigenvalue weighted by atomic mass is 16.7. The van der Waals surface area contributed by atoms with Crippen molar-refractivity contribution >= 4 is 5.97 Å². The van der Waals surface area contributed by atoms with E-state index < -0.39 is 0 Å². The highest BCUT2D eigenvalue weighted by Gasteiger charge is 2.12. The molecule has 0 saturated heterocycles. The van der Waals surface area contributed by atoms with Gasteiger partial charge in [0.05, 0.1) is 0 Å². The first kappa shape index (κ1) is 14.4. The van der Waals surface area contributed by atoms with Gasteiger partial charge >= 0.3 is 5.97 Å². The molecule has 0 fully saturated rings. The van der Waals surface area contributed by atoms with Crippen LogP contribution < -0.4 is 5.48 Å². The summed E-state index contributed by atoms with van der Waals surface area (Å²) < 4.78 is 0. The van der Waals surface area contributed by atoms with E-state index in [9.17, 15) is 4.79 Å². The molecule has 0 aromatic heterocycles. The number of carbonyl (C=O) groups excluding carboxylic acids is 1. The third-order valence-electron chi connectivity index (χ3n) is 1.88. The average molecular weight is 215 g/mol. The summed E-state index contributed by atoms with van der Waals surface area (Å²) in [4.78, 5) is 16.2. The van der Waals surface area contributed by atoms with Crippen LogP contribution in [0.15, 0.2) is 0 Å². The van der Waals surface area contributed by atoms with Crippen molar-refractivity contribution in [1.29, 1.82) is 0 Å². The van der Waals surface area contributed by atoms with E-state index in [1.54, 1.807) is 0 Å². The molecule has 0 radical (unpaired) electrons. The lowest BCUT2D eigenvalue weighted by Gasteiger charge is -2.19. The average Bonchev–Trinajstić information content (AvgIpc) is 2.07. The van der Waals surface area contributed by atoms with Crippen LogP contribution in [-0.4, -0.2) is 11.5 Å². The van der Waals surface area contributed by atoms with E-state index in [4.69, 9.17) is 4.84 Å². The minimum absolute atomic E-state index is 0.159. The Morgan fingerprint density at radius 2 is 1.87 bits per heavy atom. The van der Waals surface area contributed by atoms with Crippen LogP contribution in [0.5, 0.6) is 0 Å². The number of rotatable bonds is 6. The fourth-order valence-electron chi connectivity index (χ4n) is 1.08. The normalized spacial score (nSPS) is 11.9. The van der Waals surface area contributed by atoms with Gasteiger partial charge in [-0.05, 0) is 33.1 Å². The van der Waals surface area contributed by atoms with E-state index in [2.05, 4.69) is 19.3 Å². The first-order valence-corrected chi connectivity index (χ1v) is 5.78. The SMILES string of the molecule is CC(C)CCCCC(=O)ONC(C)(C)C. The monoisotopic (exact) mass is 215 g/mol. The molecule has 1 N–H and O–H groups in total. The molecule has 0 unspecified atom stereocenters. The predicted molar refractivity (Wildman–Crippen MR) is 62.3 cm³/mol. The Morgan fingerprint density at radius 1 is 1.27 bits per heavy atom. The van der Waals surface area contributed by atoms with Crippen molar-refractivity contribution in [3.8, 4) is 0 Å². The number of hydroxylamine groups is 1. The van der Waals surface area contributed by atoms with Crippen LogP contribution in [0.2, 0.25) is 0 Å². The third kappa shape index (κ3) is 11.4. The van der Waals surface area contributed by atoms with Gasteiger partial charge in [0.25, 0.3) is 0 Å². The van der Waals surface area contributed by atoms with Crippen LogP contribution >= 0.6 is 0 Å². The highest BCUT2D eigenvalue weighted by Crippen LogP contribution is 2.08. The zero-order valence-electron chi connectivity index (χ0n) is 10.7. The van der Waals surface area contributed by atoms with E-state index >= 15 is 0 Å². The molecule has 0 aromatic carbocycles. The van der Waals surface area contributed by atoms with Crippen LogP contribution in [0.25, 0.3) is 0 Å². The molecule has 0 heterocycles. The number of hydrogen-bond donors (Lipinski definition) is 1. The molecule has 0 atom stereocenters. The Bertz CT molecular complexity index is 183. The topological polar surface area (TPSA) is 38.3 Å². The highest BCUT2D eigenvalue weighted by molar-refractivity contribution is 5.68. The van der Waals surface area contributed by atoms with Crippen molar-refractivity contribution < 1.29 is 9.63 Å². The van der Waals surface area contributed by atoms with Crippen LogP contribution in [0.3, 0.4) is 0 Å². The number of hydrogen-bond acceptors (Lipinski definition) is 3. The summed E-state index contributed by atoms with van der Waals surface area (Å²) in [6, 6.07) is 0. The molecule has 3 heteroatoms. The Hall–Kier alpha value is -0.570. The zero-order chi connectivity index (χ0) is 11.9. The molecule has 0 aromatic rings. The van der Waals surface area contributed by atoms with Gasteiger partial charge in [-0.1, -0.05) is 26.7 Å². The van der Waals surface area contributed by atoms with E-state index in [1.807, 2.05) is 20.8 Å². The first-order valence-electron chi connectivity index (χ1n) is 5.78. The Kier molecular flexibility index (Phi) is 6.57. The van der Waals surface area contributed by atoms with Crippen molar-refractivity contribution in [2.24, 2.45) is 5.92 Å². The number of carbonyl (C=O) groups is 1. The molecule has 90 valence electrons. The van der Waals surface area contributed by atoms with Crippen LogP contribution in [0, 0.1) is 5.92 Å². The van der Waals surface area contributed by atoms with Crippen molar-refractivity contribution in [3.63, 3.8) is 0 Å². The molecule has 0 spiro atoms. The van der Waals surface area contributed by atoms with E-state index in [1.165, 1.54) is 6.42 Å². The molecule has 0 bridgehead atoms. The molecule has 15 heavy (non-hydrogen) atoms. The summed E-state index contributed by atoms with van der Waals surface area (Å²) in [6.07, 6.45) is 3.71. The molecular weight excluding hydrogens is 190 g/mol. The van der Waals surface area contributed by atoms with Crippen molar-refractivity contribution in [1.82, 2.24) is 5.48 Å². The third-order valence-corrected chi connectivity index (χ3v) is 1.88. The van der Waals surface area contributed by atoms with Gasteiger partial charge in [-0.3, -0.25) is 4.79 Å². The number of nitrogens with one attached hydrogen (secondary N) is 1. The maximum atomic E-state index is 11.2. The largest absolute Gasteiger partial charge is 0.370 e. The van der Waals surface area contributed by atoms with E-state index in [0.29, 0.717) is 12.3 Å². The fraction of sp³-hybridized carbons (Fsp3) is 0.917. The Morgan fingerprint density at radius 3 is 2.33 bits per heavy atom. The second-order valence-corrected chi connectivity index (χ2v) is 5.47. The van der Waals surface area contributed by atoms with Crippen LogP contribution in [0.1, 0.15) is 60.3 Å². The standard InChI is InChI=1S/C12H25NO2/c1-10(2)8-6-7-9-11(14)15-13-12(3,4)5/h10,13H,6-9H2,1-5H3. The number of unbranched alkanes of at least 4 members (excludes halogenated alkanes) is 1. The van der Waals surface area contributed by atoms with Crippen molar-refractivity contribution in [2.75, 3.05) is 0 Å². The van der Waals surface area contributed by atoms with Crippen molar-refractivity contribution in [2.45, 2.75) is 65.8 Å². The second-order valence-electron chi connectivity index (χ2n) is 5.47. The minimum Gasteiger partial charge on any atom is -0.370 e. The lowest BCUT2D eigenvalue weighted by atomic mass is 10.1. The van der Waals surface area contributed by atoms with Crippen LogP contribution in [0.4, 0.5) is 0 Å². The van der Waals surface area contributed by atoms with Gasteiger partial charge in [-0.25, -0.2) is 0 Å². The van der Waals surface area contributed by atoms with Gasteiger partial charge in [0, 0.05) is 12.0 Å². The zero-order valence-corrected chi connectivity index (χ0v) is 10.7. The summed E-state index contributed by atoms with van der Waals surface area (Å²) in [6.45, 7) is 10.3. The fourth-order valence-corrected chi connectivity index (χ4v) is 1.08. The first-order chi connectivity index (χ1) is 6.81. The summed E-state index contributed by atoms with van der Waals surface area (Å²) in [5, 5.41) is 0. The molecule has 0 aliphatic heterocycles. The summed E-state index contributed by atoms with van der Waals surface area (Å²) in [5.74, 6) is 0.558. The lowest BCUT2D eigenvalue weighted by molar-refractivity contribution is -0.155. The molecule has 0 rings (SSSR count). The Labute approximate surface area is 93.5 Å². The van der Waals surface area contributed by atoms with Gasteiger partial charge < -0.3 is 4.84 Å². The summed E-state index contributed by atoms with van der Waals surface area (Å²) in [7, 11) is 0. The van der Waals surface area contributed by atoms with E-state index in [-0.39, 0.29) is 11.5 Å². The van der Waals surface area contributed by atoms with Crippen molar-refractivity contribution in [3.05, 3.63) is 0 Å². The smallest absolute Gasteiger partial charge is 0.324 e. The lowest BCUT2D eigenvalue weighted by Crippen LogP contribution is -2.37. The van der Waals surface area contributed by atoms with Crippen LogP contribution in [-0.2, 0) is 9.63 Å². The Balaban J connectivity index is 3.42. The van der Waals surface area contributed by atoms with Gasteiger partial charge in [0.2, 0.25) is 0 Å². The minimum atomic E-state index is -0.173. The quantitative estimate of drug-likeness (QED) is 0.546. The molecule has 3 nitrogen and oxygen atoms in total. The maximum Gasteiger partial charge on any atom is 0.324 e. The predicted octanol–water partition coefficient (Wildman–Crippen LogP) is 3.05. The van der Waals surface area contributed by atoms with Gasteiger partial charge in [-0.2, -0.15) is 0 Å². The van der Waals surface area contributed by atoms with Gasteiger partial charge in [-0.15, -0.1) is 5.48 Å². The molecule has 0 aliphatic rings. The second kappa shape index (κ2) is 6.83.